The number of hydrogen-bond donors (Lipinski definition) is 1. The van der Waals surface area contributed by atoms with Gasteiger partial charge >= 0.3 is 0 Å². The summed E-state index contributed by atoms with van der Waals surface area (Å²) < 4.78 is 1.90. The van der Waals surface area contributed by atoms with E-state index in [9.17, 15) is 0 Å². The Balaban J connectivity index is 1.57. The second kappa shape index (κ2) is 5.20. The van der Waals surface area contributed by atoms with E-state index in [1.165, 1.54) is 42.2 Å². The van der Waals surface area contributed by atoms with Gasteiger partial charge in [-0.1, -0.05) is 18.9 Å². The molecule has 3 aromatic heterocycles. The lowest BCUT2D eigenvalue weighted by Crippen LogP contribution is -1.92. The van der Waals surface area contributed by atoms with Gasteiger partial charge < -0.3 is 4.98 Å². The first-order valence-electron chi connectivity index (χ1n) is 8.69. The molecule has 0 amide bonds. The highest BCUT2D eigenvalue weighted by Gasteiger charge is 2.18. The minimum atomic E-state index is 0.701. The average molecular weight is 316 g/mol. The maximum absolute atomic E-state index is 4.67. The number of aromatic amines is 1. The molecule has 120 valence electrons. The van der Waals surface area contributed by atoms with Crippen LogP contribution < -0.4 is 0 Å². The SMILES string of the molecule is Cn1ncc2cc(-c3cc4cc(C5CCCC5)cnc4[nH]3)ccc21. The Morgan fingerprint density at radius 2 is 1.92 bits per heavy atom. The standard InChI is InChI=1S/C20H20N4/c1-24-19-7-6-14(8-17(19)12-22-24)18-10-15-9-16(11-21-20(15)23-18)13-4-2-3-5-13/h6-13H,2-5H2,1H3,(H,21,23). The molecule has 0 bridgehead atoms. The molecule has 4 nitrogen and oxygen atoms in total. The molecule has 0 saturated heterocycles. The molecule has 4 heteroatoms. The van der Waals surface area contributed by atoms with Crippen LogP contribution in [-0.2, 0) is 7.05 Å². The van der Waals surface area contributed by atoms with Gasteiger partial charge in [0.05, 0.1) is 11.7 Å². The first kappa shape index (κ1) is 13.8. The quantitative estimate of drug-likeness (QED) is 0.579. The summed E-state index contributed by atoms with van der Waals surface area (Å²) in [4.78, 5) is 8.13. The Labute approximate surface area is 140 Å². The van der Waals surface area contributed by atoms with Crippen LogP contribution in [0.15, 0.2) is 42.7 Å². The lowest BCUT2D eigenvalue weighted by molar-refractivity contribution is 0.721. The maximum Gasteiger partial charge on any atom is 0.137 e. The van der Waals surface area contributed by atoms with Crippen molar-refractivity contribution in [2.45, 2.75) is 31.6 Å². The predicted octanol–water partition coefficient (Wildman–Crippen LogP) is 4.77. The van der Waals surface area contributed by atoms with Gasteiger partial charge in [-0.3, -0.25) is 4.68 Å². The fourth-order valence-corrected chi connectivity index (χ4v) is 4.00. The van der Waals surface area contributed by atoms with Crippen LogP contribution in [0.2, 0.25) is 0 Å². The van der Waals surface area contributed by atoms with Gasteiger partial charge in [-0.05, 0) is 54.2 Å². The van der Waals surface area contributed by atoms with Gasteiger partial charge in [0.1, 0.15) is 5.65 Å². The van der Waals surface area contributed by atoms with E-state index < -0.39 is 0 Å². The van der Waals surface area contributed by atoms with Gasteiger partial charge in [0.15, 0.2) is 0 Å². The highest BCUT2D eigenvalue weighted by atomic mass is 15.2. The first-order valence-corrected chi connectivity index (χ1v) is 8.69. The number of aromatic nitrogens is 4. The van der Waals surface area contributed by atoms with Crippen LogP contribution >= 0.6 is 0 Å². The number of H-pyrrole nitrogens is 1. The Bertz CT molecular complexity index is 1030. The summed E-state index contributed by atoms with van der Waals surface area (Å²) in [6, 6.07) is 11.0. The molecule has 1 N–H and O–H groups in total. The highest BCUT2D eigenvalue weighted by molar-refractivity contribution is 5.88. The number of pyridine rings is 1. The molecule has 0 unspecified atom stereocenters. The van der Waals surface area contributed by atoms with Crippen molar-refractivity contribution in [1.82, 2.24) is 19.7 Å². The number of fused-ring (bicyclic) bond motifs is 2. The summed E-state index contributed by atoms with van der Waals surface area (Å²) in [6.45, 7) is 0. The number of aryl methyl sites for hydroxylation is 1. The minimum absolute atomic E-state index is 0.701. The van der Waals surface area contributed by atoms with Gasteiger partial charge in [0, 0.05) is 29.7 Å². The molecule has 1 aliphatic carbocycles. The summed E-state index contributed by atoms with van der Waals surface area (Å²) in [6.07, 6.45) is 9.30. The van der Waals surface area contributed by atoms with E-state index in [-0.39, 0.29) is 0 Å². The third-order valence-corrected chi connectivity index (χ3v) is 5.38. The minimum Gasteiger partial charge on any atom is -0.339 e. The highest BCUT2D eigenvalue weighted by Crippen LogP contribution is 2.35. The summed E-state index contributed by atoms with van der Waals surface area (Å²) in [5.41, 5.74) is 5.81. The predicted molar refractivity (Wildman–Crippen MR) is 97.0 cm³/mol. The molecule has 0 spiro atoms. The second-order valence-corrected chi connectivity index (χ2v) is 6.91. The van der Waals surface area contributed by atoms with E-state index in [0.717, 1.165) is 22.2 Å². The molecule has 5 rings (SSSR count). The maximum atomic E-state index is 4.67. The van der Waals surface area contributed by atoms with Crippen molar-refractivity contribution in [3.8, 4) is 11.3 Å². The average Bonchev–Trinajstić information content (AvgIpc) is 3.33. The van der Waals surface area contributed by atoms with Crippen molar-refractivity contribution >= 4 is 21.9 Å². The van der Waals surface area contributed by atoms with Gasteiger partial charge in [0.25, 0.3) is 0 Å². The normalized spacial score (nSPS) is 15.7. The Hall–Kier alpha value is -2.62. The number of rotatable bonds is 2. The van der Waals surface area contributed by atoms with Crippen molar-refractivity contribution in [3.05, 3.63) is 48.3 Å². The number of benzene rings is 1. The summed E-state index contributed by atoms with van der Waals surface area (Å²) in [7, 11) is 1.97. The van der Waals surface area contributed by atoms with E-state index in [1.807, 2.05) is 17.9 Å². The van der Waals surface area contributed by atoms with E-state index >= 15 is 0 Å². The Kier molecular flexibility index (Phi) is 2.98. The van der Waals surface area contributed by atoms with Gasteiger partial charge in [0.2, 0.25) is 0 Å². The van der Waals surface area contributed by atoms with Crippen molar-refractivity contribution < 1.29 is 0 Å². The van der Waals surface area contributed by atoms with Crippen molar-refractivity contribution in [3.63, 3.8) is 0 Å². The molecule has 1 aromatic carbocycles. The molecule has 0 radical (unpaired) electrons. The zero-order chi connectivity index (χ0) is 16.1. The molecule has 0 aliphatic heterocycles. The summed E-state index contributed by atoms with van der Waals surface area (Å²) in [5, 5.41) is 6.69. The third kappa shape index (κ3) is 2.13. The lowest BCUT2D eigenvalue weighted by atomic mass is 9.99. The lowest BCUT2D eigenvalue weighted by Gasteiger charge is -2.08. The van der Waals surface area contributed by atoms with E-state index in [1.54, 1.807) is 0 Å². The van der Waals surface area contributed by atoms with E-state index in [0.29, 0.717) is 5.92 Å². The van der Waals surface area contributed by atoms with Crippen LogP contribution in [0.4, 0.5) is 0 Å². The molecular formula is C20H20N4. The molecule has 4 aromatic rings. The number of hydrogen-bond acceptors (Lipinski definition) is 2. The van der Waals surface area contributed by atoms with Crippen LogP contribution in [0.1, 0.15) is 37.2 Å². The molecule has 24 heavy (non-hydrogen) atoms. The molecule has 1 fully saturated rings. The van der Waals surface area contributed by atoms with Crippen LogP contribution in [0.3, 0.4) is 0 Å². The fraction of sp³-hybridized carbons (Fsp3) is 0.300. The van der Waals surface area contributed by atoms with Gasteiger partial charge in [-0.25, -0.2) is 4.98 Å². The number of nitrogens with one attached hydrogen (secondary N) is 1. The summed E-state index contributed by atoms with van der Waals surface area (Å²) >= 11 is 0. The van der Waals surface area contributed by atoms with Gasteiger partial charge in [-0.15, -0.1) is 0 Å². The zero-order valence-corrected chi connectivity index (χ0v) is 13.8. The summed E-state index contributed by atoms with van der Waals surface area (Å²) in [5.74, 6) is 0.701. The topological polar surface area (TPSA) is 46.5 Å². The second-order valence-electron chi connectivity index (χ2n) is 6.91. The monoisotopic (exact) mass is 316 g/mol. The molecule has 1 aliphatic rings. The van der Waals surface area contributed by atoms with Crippen LogP contribution in [0.25, 0.3) is 33.2 Å². The van der Waals surface area contributed by atoms with Crippen molar-refractivity contribution in [2.24, 2.45) is 7.05 Å². The number of nitrogens with zero attached hydrogens (tertiary/aromatic N) is 3. The molecule has 0 atom stereocenters. The van der Waals surface area contributed by atoms with E-state index in [2.05, 4.69) is 51.6 Å². The smallest absolute Gasteiger partial charge is 0.137 e. The molecule has 1 saturated carbocycles. The van der Waals surface area contributed by atoms with Crippen LogP contribution in [0.5, 0.6) is 0 Å². The Morgan fingerprint density at radius 3 is 2.79 bits per heavy atom. The van der Waals surface area contributed by atoms with Gasteiger partial charge in [-0.2, -0.15) is 5.10 Å². The first-order chi connectivity index (χ1) is 11.8. The zero-order valence-electron chi connectivity index (χ0n) is 13.8. The molecule has 3 heterocycles. The Morgan fingerprint density at radius 1 is 1.04 bits per heavy atom. The third-order valence-electron chi connectivity index (χ3n) is 5.38. The van der Waals surface area contributed by atoms with Crippen molar-refractivity contribution in [2.75, 3.05) is 0 Å². The van der Waals surface area contributed by atoms with Crippen LogP contribution in [-0.4, -0.2) is 19.7 Å². The molecular weight excluding hydrogens is 296 g/mol. The van der Waals surface area contributed by atoms with Crippen LogP contribution in [0, 0.1) is 0 Å². The van der Waals surface area contributed by atoms with Crippen molar-refractivity contribution in [1.29, 1.82) is 0 Å². The largest absolute Gasteiger partial charge is 0.339 e. The fourth-order valence-electron chi connectivity index (χ4n) is 4.00. The van der Waals surface area contributed by atoms with E-state index in [4.69, 9.17) is 0 Å².